The van der Waals surface area contributed by atoms with Gasteiger partial charge < -0.3 is 24.2 Å². The molecule has 2 atom stereocenters. The molecule has 0 aromatic heterocycles. The van der Waals surface area contributed by atoms with E-state index in [1.165, 1.54) is 11.1 Å². The van der Waals surface area contributed by atoms with Crippen LogP contribution in [0.1, 0.15) is 37.8 Å². The van der Waals surface area contributed by atoms with Gasteiger partial charge in [-0.25, -0.2) is 9.59 Å². The van der Waals surface area contributed by atoms with Crippen molar-refractivity contribution in [1.29, 1.82) is 0 Å². The van der Waals surface area contributed by atoms with Gasteiger partial charge in [-0.15, -0.1) is 0 Å². The maximum absolute atomic E-state index is 13.4. The number of morpholine rings is 1. The number of rotatable bonds is 3. The third-order valence-corrected chi connectivity index (χ3v) is 7.70. The van der Waals surface area contributed by atoms with Crippen molar-refractivity contribution >= 4 is 12.1 Å². The van der Waals surface area contributed by atoms with Gasteiger partial charge in [-0.2, -0.15) is 0 Å². The lowest BCUT2D eigenvalue weighted by Gasteiger charge is -2.53. The average Bonchev–Trinajstić information content (AvgIpc) is 2.93. The van der Waals surface area contributed by atoms with E-state index in [-0.39, 0.29) is 30.1 Å². The van der Waals surface area contributed by atoms with Crippen LogP contribution in [0.5, 0.6) is 0 Å². The topological polar surface area (TPSA) is 65.6 Å². The van der Waals surface area contributed by atoms with E-state index in [1.807, 2.05) is 47.6 Å². The van der Waals surface area contributed by atoms with E-state index in [1.54, 1.807) is 0 Å². The van der Waals surface area contributed by atoms with Crippen LogP contribution in [0, 0.1) is 0 Å². The molecule has 3 heterocycles. The Kier molecular flexibility index (Phi) is 7.91. The third kappa shape index (κ3) is 5.97. The highest BCUT2D eigenvalue weighted by molar-refractivity contribution is 5.75. The molecule has 0 spiro atoms. The standard InChI is InChI=1S/C30H40N4O4/c1-30(2,3)38-29(36)33-21-25-20-32(28(35)31-16-18-37-19-17-31)14-15-34(25)26(22-33)27(23-10-6-4-7-11-23)24-12-8-5-9-13-24/h4-13,25-27H,14-22H2,1-3H3/t25-,26-/m0/s1. The van der Waals surface area contributed by atoms with Crippen molar-refractivity contribution in [2.75, 3.05) is 59.0 Å². The van der Waals surface area contributed by atoms with Crippen LogP contribution in [0.25, 0.3) is 0 Å². The quantitative estimate of drug-likeness (QED) is 0.615. The highest BCUT2D eigenvalue weighted by atomic mass is 16.6. The molecule has 5 rings (SSSR count). The van der Waals surface area contributed by atoms with Gasteiger partial charge in [0, 0.05) is 63.8 Å². The summed E-state index contributed by atoms with van der Waals surface area (Å²) in [4.78, 5) is 35.0. The molecule has 3 amide bonds. The van der Waals surface area contributed by atoms with E-state index in [4.69, 9.17) is 9.47 Å². The molecule has 3 saturated heterocycles. The normalized spacial score (nSPS) is 22.8. The number of nitrogens with zero attached hydrogens (tertiary/aromatic N) is 4. The fraction of sp³-hybridized carbons (Fsp3) is 0.533. The van der Waals surface area contributed by atoms with Crippen LogP contribution in [0.4, 0.5) is 9.59 Å². The molecule has 3 fully saturated rings. The van der Waals surface area contributed by atoms with Crippen molar-refractivity contribution in [1.82, 2.24) is 19.6 Å². The number of hydrogen-bond acceptors (Lipinski definition) is 5. The number of piperazine rings is 2. The molecular formula is C30H40N4O4. The molecule has 2 aromatic rings. The van der Waals surface area contributed by atoms with Gasteiger partial charge in [0.2, 0.25) is 0 Å². The predicted molar refractivity (Wildman–Crippen MR) is 146 cm³/mol. The lowest BCUT2D eigenvalue weighted by Crippen LogP contribution is -2.69. The SMILES string of the molecule is CC(C)(C)OC(=O)N1C[C@@H]2CN(C(=O)N3CCOCC3)CCN2[C@H](C(c2ccccc2)c2ccccc2)C1. The molecule has 0 unspecified atom stereocenters. The Morgan fingerprint density at radius 1 is 0.789 bits per heavy atom. The molecular weight excluding hydrogens is 480 g/mol. The highest BCUT2D eigenvalue weighted by Crippen LogP contribution is 2.36. The van der Waals surface area contributed by atoms with Crippen molar-refractivity contribution in [3.63, 3.8) is 0 Å². The zero-order valence-corrected chi connectivity index (χ0v) is 22.8. The first-order valence-corrected chi connectivity index (χ1v) is 13.8. The number of carbonyl (C=O) groups is 2. The van der Waals surface area contributed by atoms with Gasteiger partial charge in [-0.05, 0) is 31.9 Å². The Morgan fingerprint density at radius 2 is 1.37 bits per heavy atom. The van der Waals surface area contributed by atoms with E-state index in [2.05, 4.69) is 53.4 Å². The van der Waals surface area contributed by atoms with E-state index >= 15 is 0 Å². The Hall–Kier alpha value is -3.10. The van der Waals surface area contributed by atoms with Crippen molar-refractivity contribution in [3.8, 4) is 0 Å². The summed E-state index contributed by atoms with van der Waals surface area (Å²) in [5.41, 5.74) is 1.87. The number of benzene rings is 2. The summed E-state index contributed by atoms with van der Waals surface area (Å²) in [7, 11) is 0. The number of carbonyl (C=O) groups excluding carboxylic acids is 2. The number of urea groups is 1. The van der Waals surface area contributed by atoms with Crippen LogP contribution in [-0.2, 0) is 9.47 Å². The Bertz CT molecular complexity index is 1040. The molecule has 0 aliphatic carbocycles. The predicted octanol–water partition coefficient (Wildman–Crippen LogP) is 3.88. The molecule has 2 aromatic carbocycles. The largest absolute Gasteiger partial charge is 0.444 e. The van der Waals surface area contributed by atoms with Crippen molar-refractivity contribution in [2.24, 2.45) is 0 Å². The Morgan fingerprint density at radius 3 is 1.95 bits per heavy atom. The van der Waals surface area contributed by atoms with Crippen LogP contribution in [0.3, 0.4) is 0 Å². The van der Waals surface area contributed by atoms with Crippen molar-refractivity contribution in [3.05, 3.63) is 71.8 Å². The second kappa shape index (κ2) is 11.3. The van der Waals surface area contributed by atoms with E-state index in [9.17, 15) is 9.59 Å². The van der Waals surface area contributed by atoms with Gasteiger partial charge >= 0.3 is 12.1 Å². The molecule has 0 bridgehead atoms. The average molecular weight is 521 g/mol. The Labute approximate surface area is 226 Å². The first-order valence-electron chi connectivity index (χ1n) is 13.8. The summed E-state index contributed by atoms with van der Waals surface area (Å²) in [6.45, 7) is 11.2. The van der Waals surface area contributed by atoms with Crippen LogP contribution >= 0.6 is 0 Å². The van der Waals surface area contributed by atoms with E-state index in [0.717, 1.165) is 6.54 Å². The molecule has 8 nitrogen and oxygen atoms in total. The first kappa shape index (κ1) is 26.5. The number of amides is 3. The summed E-state index contributed by atoms with van der Waals surface area (Å²) < 4.78 is 11.3. The number of fused-ring (bicyclic) bond motifs is 1. The van der Waals surface area contributed by atoms with Crippen LogP contribution < -0.4 is 0 Å². The van der Waals surface area contributed by atoms with Gasteiger partial charge in [-0.3, -0.25) is 4.90 Å². The molecule has 204 valence electrons. The van der Waals surface area contributed by atoms with Gasteiger partial charge in [0.25, 0.3) is 0 Å². The van der Waals surface area contributed by atoms with Crippen molar-refractivity contribution < 1.29 is 19.1 Å². The minimum Gasteiger partial charge on any atom is -0.444 e. The minimum atomic E-state index is -0.577. The third-order valence-electron chi connectivity index (χ3n) is 7.70. The van der Waals surface area contributed by atoms with E-state index in [0.29, 0.717) is 52.5 Å². The highest BCUT2D eigenvalue weighted by Gasteiger charge is 2.45. The molecule has 3 aliphatic heterocycles. The van der Waals surface area contributed by atoms with Gasteiger partial charge in [0.15, 0.2) is 0 Å². The second-order valence-corrected chi connectivity index (χ2v) is 11.5. The monoisotopic (exact) mass is 520 g/mol. The van der Waals surface area contributed by atoms with E-state index < -0.39 is 5.60 Å². The summed E-state index contributed by atoms with van der Waals surface area (Å²) in [6, 6.07) is 21.3. The second-order valence-electron chi connectivity index (χ2n) is 11.5. The minimum absolute atomic E-state index is 0.0231. The van der Waals surface area contributed by atoms with Gasteiger partial charge in [-0.1, -0.05) is 60.7 Å². The molecule has 38 heavy (non-hydrogen) atoms. The van der Waals surface area contributed by atoms with Crippen LogP contribution in [-0.4, -0.2) is 108 Å². The molecule has 0 saturated carbocycles. The summed E-state index contributed by atoms with van der Waals surface area (Å²) in [5.74, 6) is 0.0756. The van der Waals surface area contributed by atoms with Crippen LogP contribution in [0.15, 0.2) is 60.7 Å². The first-order chi connectivity index (χ1) is 18.3. The molecule has 3 aliphatic rings. The maximum Gasteiger partial charge on any atom is 0.410 e. The van der Waals surface area contributed by atoms with Gasteiger partial charge in [0.05, 0.1) is 13.2 Å². The Balaban J connectivity index is 1.46. The van der Waals surface area contributed by atoms with Crippen LogP contribution in [0.2, 0.25) is 0 Å². The van der Waals surface area contributed by atoms with Crippen molar-refractivity contribution in [2.45, 2.75) is 44.4 Å². The maximum atomic E-state index is 13.4. The molecule has 0 N–H and O–H groups in total. The number of ether oxygens (including phenoxy) is 2. The zero-order valence-electron chi connectivity index (χ0n) is 22.8. The zero-order chi connectivity index (χ0) is 26.7. The lowest BCUT2D eigenvalue weighted by atomic mass is 9.82. The summed E-state index contributed by atoms with van der Waals surface area (Å²) in [6.07, 6.45) is -0.293. The molecule has 0 radical (unpaired) electrons. The summed E-state index contributed by atoms with van der Waals surface area (Å²) >= 11 is 0. The fourth-order valence-corrected chi connectivity index (χ4v) is 5.99. The fourth-order valence-electron chi connectivity index (χ4n) is 5.99. The smallest absolute Gasteiger partial charge is 0.410 e. The molecule has 8 heteroatoms. The lowest BCUT2D eigenvalue weighted by molar-refractivity contribution is -0.0402. The van der Waals surface area contributed by atoms with Gasteiger partial charge in [0.1, 0.15) is 5.60 Å². The summed E-state index contributed by atoms with van der Waals surface area (Å²) in [5, 5.41) is 0. The number of hydrogen-bond donors (Lipinski definition) is 0.